The van der Waals surface area contributed by atoms with Crippen LogP contribution in [0.25, 0.3) is 0 Å². The van der Waals surface area contributed by atoms with Gasteiger partial charge in [0.05, 0.1) is 6.04 Å². The predicted octanol–water partition coefficient (Wildman–Crippen LogP) is 2.42. The minimum Gasteiger partial charge on any atom is -0.507 e. The molecule has 2 rings (SSSR count). The molecule has 2 aromatic rings. The number of aromatic hydroxyl groups is 1. The van der Waals surface area contributed by atoms with Gasteiger partial charge < -0.3 is 10.4 Å². The zero-order valence-corrected chi connectivity index (χ0v) is 10.3. The molecule has 1 aromatic heterocycles. The van der Waals surface area contributed by atoms with Crippen LogP contribution in [-0.2, 0) is 0 Å². The summed E-state index contributed by atoms with van der Waals surface area (Å²) < 4.78 is 13.5. The van der Waals surface area contributed by atoms with Crippen molar-refractivity contribution in [3.8, 4) is 5.75 Å². The first-order chi connectivity index (χ1) is 9.09. The predicted molar refractivity (Wildman–Crippen MR) is 68.2 cm³/mol. The molecule has 0 aliphatic carbocycles. The van der Waals surface area contributed by atoms with Crippen molar-refractivity contribution in [3.63, 3.8) is 0 Å². The highest BCUT2D eigenvalue weighted by molar-refractivity contribution is 5.97. The average Bonchev–Trinajstić information content (AvgIpc) is 2.39. The molecule has 0 saturated heterocycles. The van der Waals surface area contributed by atoms with Crippen LogP contribution >= 0.6 is 0 Å². The lowest BCUT2D eigenvalue weighted by Crippen LogP contribution is -2.27. The average molecular weight is 260 g/mol. The summed E-state index contributed by atoms with van der Waals surface area (Å²) in [6, 6.07) is 6.96. The SMILES string of the molecule is CC(NC(=O)c1c(O)cccc1F)c1cccnc1. The number of carbonyl (C=O) groups is 1. The van der Waals surface area contributed by atoms with E-state index in [1.54, 1.807) is 31.5 Å². The van der Waals surface area contributed by atoms with Gasteiger partial charge in [0, 0.05) is 12.4 Å². The van der Waals surface area contributed by atoms with Crippen LogP contribution in [-0.4, -0.2) is 16.0 Å². The lowest BCUT2D eigenvalue weighted by Gasteiger charge is -2.14. The van der Waals surface area contributed by atoms with Crippen molar-refractivity contribution < 1.29 is 14.3 Å². The molecule has 19 heavy (non-hydrogen) atoms. The smallest absolute Gasteiger partial charge is 0.258 e. The van der Waals surface area contributed by atoms with Crippen LogP contribution in [0.2, 0.25) is 0 Å². The van der Waals surface area contributed by atoms with E-state index in [4.69, 9.17) is 0 Å². The fourth-order valence-corrected chi connectivity index (χ4v) is 1.72. The Kier molecular flexibility index (Phi) is 3.75. The molecule has 1 atom stereocenters. The maximum absolute atomic E-state index is 13.5. The van der Waals surface area contributed by atoms with Gasteiger partial charge in [-0.3, -0.25) is 9.78 Å². The highest BCUT2D eigenvalue weighted by Gasteiger charge is 2.18. The monoisotopic (exact) mass is 260 g/mol. The van der Waals surface area contributed by atoms with E-state index in [-0.39, 0.29) is 17.4 Å². The Hall–Kier alpha value is -2.43. The van der Waals surface area contributed by atoms with Gasteiger partial charge >= 0.3 is 0 Å². The molecule has 1 aromatic carbocycles. The molecule has 0 radical (unpaired) electrons. The van der Waals surface area contributed by atoms with Crippen molar-refractivity contribution >= 4 is 5.91 Å². The normalized spacial score (nSPS) is 11.9. The highest BCUT2D eigenvalue weighted by Crippen LogP contribution is 2.21. The number of nitrogens with zero attached hydrogens (tertiary/aromatic N) is 1. The van der Waals surface area contributed by atoms with Gasteiger partial charge in [-0.2, -0.15) is 0 Å². The van der Waals surface area contributed by atoms with E-state index >= 15 is 0 Å². The van der Waals surface area contributed by atoms with E-state index in [1.807, 2.05) is 0 Å². The van der Waals surface area contributed by atoms with E-state index in [9.17, 15) is 14.3 Å². The van der Waals surface area contributed by atoms with Crippen molar-refractivity contribution in [1.29, 1.82) is 0 Å². The Bertz CT molecular complexity index is 567. The summed E-state index contributed by atoms with van der Waals surface area (Å²) in [6.45, 7) is 1.76. The minimum atomic E-state index is -0.754. The number of hydrogen-bond donors (Lipinski definition) is 2. The molecule has 5 heteroatoms. The second-order valence-electron chi connectivity index (χ2n) is 4.12. The van der Waals surface area contributed by atoms with Crippen LogP contribution in [0.1, 0.15) is 28.9 Å². The van der Waals surface area contributed by atoms with E-state index < -0.39 is 11.7 Å². The zero-order valence-electron chi connectivity index (χ0n) is 10.3. The Balaban J connectivity index is 2.18. The summed E-state index contributed by atoms with van der Waals surface area (Å²) >= 11 is 0. The number of rotatable bonds is 3. The maximum Gasteiger partial charge on any atom is 0.258 e. The van der Waals surface area contributed by atoms with Crippen LogP contribution < -0.4 is 5.32 Å². The third-order valence-electron chi connectivity index (χ3n) is 2.75. The zero-order chi connectivity index (χ0) is 13.8. The topological polar surface area (TPSA) is 62.2 Å². The standard InChI is InChI=1S/C14H13FN2O2/c1-9(10-4-3-7-16-8-10)17-14(19)13-11(15)5-2-6-12(13)18/h2-9,18H,1H3,(H,17,19). The Morgan fingerprint density at radius 1 is 1.37 bits per heavy atom. The van der Waals surface area contributed by atoms with E-state index in [1.165, 1.54) is 12.1 Å². The molecule has 4 nitrogen and oxygen atoms in total. The van der Waals surface area contributed by atoms with Gasteiger partial charge in [-0.25, -0.2) is 4.39 Å². The van der Waals surface area contributed by atoms with Crippen molar-refractivity contribution in [2.45, 2.75) is 13.0 Å². The Morgan fingerprint density at radius 3 is 2.79 bits per heavy atom. The van der Waals surface area contributed by atoms with Crippen LogP contribution in [0.15, 0.2) is 42.7 Å². The second-order valence-corrected chi connectivity index (χ2v) is 4.12. The molecule has 0 aliphatic rings. The van der Waals surface area contributed by atoms with Gasteiger partial charge in [0.15, 0.2) is 0 Å². The summed E-state index contributed by atoms with van der Waals surface area (Å²) in [5.41, 5.74) is 0.449. The molecule has 2 N–H and O–H groups in total. The molecule has 0 aliphatic heterocycles. The number of phenols is 1. The first-order valence-electron chi connectivity index (χ1n) is 5.78. The first-order valence-corrected chi connectivity index (χ1v) is 5.78. The number of amides is 1. The lowest BCUT2D eigenvalue weighted by atomic mass is 10.1. The number of pyridine rings is 1. The molecule has 0 fully saturated rings. The number of halogens is 1. The highest BCUT2D eigenvalue weighted by atomic mass is 19.1. The molecular weight excluding hydrogens is 247 g/mol. The van der Waals surface area contributed by atoms with Gasteiger partial charge in [-0.05, 0) is 30.7 Å². The summed E-state index contributed by atoms with van der Waals surface area (Å²) in [6.07, 6.45) is 3.24. The minimum absolute atomic E-state index is 0.333. The van der Waals surface area contributed by atoms with Crippen LogP contribution in [0, 0.1) is 5.82 Å². The number of phenolic OH excluding ortho intramolecular Hbond substituents is 1. The number of hydrogen-bond acceptors (Lipinski definition) is 3. The first kappa shape index (κ1) is 13.0. The van der Waals surface area contributed by atoms with Crippen molar-refractivity contribution in [2.75, 3.05) is 0 Å². The van der Waals surface area contributed by atoms with E-state index in [0.29, 0.717) is 0 Å². The van der Waals surface area contributed by atoms with Crippen molar-refractivity contribution in [2.24, 2.45) is 0 Å². The number of aromatic nitrogens is 1. The van der Waals surface area contributed by atoms with E-state index in [2.05, 4.69) is 10.3 Å². The Labute approximate surface area is 109 Å². The van der Waals surface area contributed by atoms with Crippen molar-refractivity contribution in [3.05, 3.63) is 59.7 Å². The molecule has 1 heterocycles. The van der Waals surface area contributed by atoms with Crippen LogP contribution in [0.3, 0.4) is 0 Å². The summed E-state index contributed by atoms with van der Waals surface area (Å²) in [7, 11) is 0. The quantitative estimate of drug-likeness (QED) is 0.890. The number of nitrogens with one attached hydrogen (secondary N) is 1. The summed E-state index contributed by atoms with van der Waals surface area (Å²) in [4.78, 5) is 15.9. The maximum atomic E-state index is 13.5. The van der Waals surface area contributed by atoms with Crippen molar-refractivity contribution in [1.82, 2.24) is 10.3 Å². The van der Waals surface area contributed by atoms with Crippen LogP contribution in [0.5, 0.6) is 5.75 Å². The number of benzene rings is 1. The third-order valence-corrected chi connectivity index (χ3v) is 2.75. The second kappa shape index (κ2) is 5.48. The Morgan fingerprint density at radius 2 is 2.16 bits per heavy atom. The molecular formula is C14H13FN2O2. The van der Waals surface area contributed by atoms with Gasteiger partial charge in [0.1, 0.15) is 17.1 Å². The largest absolute Gasteiger partial charge is 0.507 e. The third kappa shape index (κ3) is 2.88. The molecule has 1 amide bonds. The molecule has 0 spiro atoms. The lowest BCUT2D eigenvalue weighted by molar-refractivity contribution is 0.0933. The van der Waals surface area contributed by atoms with Gasteiger partial charge in [-0.15, -0.1) is 0 Å². The fraction of sp³-hybridized carbons (Fsp3) is 0.143. The molecule has 98 valence electrons. The fourth-order valence-electron chi connectivity index (χ4n) is 1.72. The number of carbonyl (C=O) groups excluding carboxylic acids is 1. The summed E-state index contributed by atoms with van der Waals surface area (Å²) in [5.74, 6) is -1.79. The van der Waals surface area contributed by atoms with E-state index in [0.717, 1.165) is 11.6 Å². The van der Waals surface area contributed by atoms with Crippen LogP contribution in [0.4, 0.5) is 4.39 Å². The van der Waals surface area contributed by atoms with Gasteiger partial charge in [0.25, 0.3) is 5.91 Å². The van der Waals surface area contributed by atoms with Gasteiger partial charge in [-0.1, -0.05) is 12.1 Å². The summed E-state index contributed by atoms with van der Waals surface area (Å²) in [5, 5.41) is 12.1. The molecule has 0 bridgehead atoms. The molecule has 1 unspecified atom stereocenters. The molecule has 0 saturated carbocycles. The van der Waals surface area contributed by atoms with Gasteiger partial charge in [0.2, 0.25) is 0 Å².